The van der Waals surface area contributed by atoms with Crippen molar-refractivity contribution in [1.82, 2.24) is 19.9 Å². The Labute approximate surface area is 773 Å². The molecule has 1 aliphatic carbocycles. The quantitative estimate of drug-likeness (QED) is 0.0733. The Morgan fingerprint density at radius 2 is 0.578 bits per heavy atom. The lowest BCUT2D eigenvalue weighted by Crippen LogP contribution is -2.11. The number of unbranched alkanes of at least 4 members (excludes halogenated alkanes) is 3. The van der Waals surface area contributed by atoms with E-state index in [0.717, 1.165) is 48.9 Å². The molecule has 0 radical (unpaired) electrons. The average molecular weight is 1700 g/mol. The van der Waals surface area contributed by atoms with Gasteiger partial charge in [-0.25, -0.2) is 0 Å². The summed E-state index contributed by atoms with van der Waals surface area (Å²) in [4.78, 5) is 17.6. The highest BCUT2D eigenvalue weighted by Crippen LogP contribution is 2.30. The van der Waals surface area contributed by atoms with Gasteiger partial charge in [0.05, 0.1) is 0 Å². The first-order valence-electron chi connectivity index (χ1n) is 47.2. The molecular formula is C123H147N5. The Balaban J connectivity index is 0.000000178. The minimum atomic E-state index is 0.806. The molecule has 2 atom stereocenters. The smallest absolute Gasteiger partial charge is 0.0492 e. The van der Waals surface area contributed by atoms with Gasteiger partial charge in [0.15, 0.2) is 0 Å². The number of rotatable bonds is 22. The van der Waals surface area contributed by atoms with Crippen LogP contribution in [-0.4, -0.2) is 19.9 Å². The first-order chi connectivity index (χ1) is 62.1. The predicted molar refractivity (Wildman–Crippen MR) is 557 cm³/mol. The second kappa shape index (κ2) is 56.1. The molecule has 2 unspecified atom stereocenters. The second-order valence-corrected chi connectivity index (χ2v) is 34.4. The Hall–Kier alpha value is -12.2. The van der Waals surface area contributed by atoms with E-state index in [1.54, 1.807) is 5.56 Å². The number of para-hydroxylation sites is 2. The minimum Gasteiger partial charge on any atom is -0.355 e. The zero-order valence-corrected chi connectivity index (χ0v) is 81.0. The number of allylic oxidation sites excluding steroid dienone is 4. The number of hydrogen-bond donors (Lipinski definition) is 1. The molecule has 11 aromatic carbocycles. The molecule has 4 aromatic heterocycles. The lowest BCUT2D eigenvalue weighted by Gasteiger charge is -2.21. The molecule has 5 nitrogen and oxygen atoms in total. The van der Waals surface area contributed by atoms with Gasteiger partial charge in [-0.3, -0.25) is 19.9 Å². The lowest BCUT2D eigenvalue weighted by atomic mass is 9.84. The normalized spacial score (nSPS) is 12.0. The summed E-state index contributed by atoms with van der Waals surface area (Å²) in [5.74, 6) is 1.62. The van der Waals surface area contributed by atoms with Crippen LogP contribution in [0.2, 0.25) is 0 Å². The van der Waals surface area contributed by atoms with Gasteiger partial charge in [0.1, 0.15) is 0 Å². The minimum absolute atomic E-state index is 0.806. The van der Waals surface area contributed by atoms with E-state index in [1.807, 2.05) is 61.2 Å². The molecule has 0 bridgehead atoms. The van der Waals surface area contributed by atoms with Crippen molar-refractivity contribution in [3.05, 3.63) is 474 Å². The monoisotopic (exact) mass is 1690 g/mol. The zero-order chi connectivity index (χ0) is 91.8. The van der Waals surface area contributed by atoms with Crippen molar-refractivity contribution in [3.63, 3.8) is 0 Å². The fourth-order valence-electron chi connectivity index (χ4n) is 15.9. The first kappa shape index (κ1) is 101. The van der Waals surface area contributed by atoms with Crippen LogP contribution < -0.4 is 5.32 Å². The standard InChI is InChI=1S/C16H20.C15H16.C15H18.3C14H15N.C13H14N2.C11H16.C11H18/c1-4-5-9-15-13(3)12(2)11-14-8-6-7-10-16(14)15;1-12-7-3-5-9-14(12)11-15-10-6-4-8-13(15)2;1-3-4-8-14-12(2)10-11-13-7-5-6-9-15(13)14;1-11-7-3-5-9-13(11)15-14-10-6-4-8-12(14)2;2*1-11-6-3-4-8-13(11)10-14-12(2)7-5-9-15-14;1-10-5-3-7-14-12(10)9-13-11(2)6-4-8-15-13;1-3-4-8-11-9-6-5-7-10(11)2;1-3-7-11-9-6-5-8-10(11)4-2/h6-8,10-11H,4-5,9H2,1-3H3;3-10H,11H2,1-2H3;5-7,9-11H,3-4,8H2,1-2H3;3-10,15H,1-2H3;2*3-9H,10H2,1-2H3;3-8H,9H2,1-2H3;5-7,9H,3-4,8H2,1-2H3;5-6,8-11H,3-4,7H2,1-2H3. The third kappa shape index (κ3) is 33.5. The molecule has 0 fully saturated rings. The van der Waals surface area contributed by atoms with Gasteiger partial charge in [0, 0.05) is 78.2 Å². The molecule has 4 heterocycles. The number of fused-ring (bicyclic) bond motifs is 2. The van der Waals surface area contributed by atoms with E-state index in [0.29, 0.717) is 0 Å². The highest BCUT2D eigenvalue weighted by molar-refractivity contribution is 5.88. The van der Waals surface area contributed by atoms with Crippen LogP contribution in [0.4, 0.5) is 11.4 Å². The molecule has 16 rings (SSSR count). The van der Waals surface area contributed by atoms with Gasteiger partial charge in [0.25, 0.3) is 0 Å². The molecule has 0 amide bonds. The Morgan fingerprint density at radius 3 is 0.969 bits per heavy atom. The van der Waals surface area contributed by atoms with Crippen LogP contribution in [-0.2, 0) is 44.9 Å². The first-order valence-corrected chi connectivity index (χ1v) is 47.2. The van der Waals surface area contributed by atoms with E-state index in [1.165, 1.54) is 233 Å². The van der Waals surface area contributed by atoms with Crippen LogP contribution in [0.25, 0.3) is 21.5 Å². The number of aromatic nitrogens is 4. The predicted octanol–water partition coefficient (Wildman–Crippen LogP) is 33.4. The zero-order valence-electron chi connectivity index (χ0n) is 81.0. The molecule has 5 heteroatoms. The van der Waals surface area contributed by atoms with E-state index < -0.39 is 0 Å². The summed E-state index contributed by atoms with van der Waals surface area (Å²) in [6, 6.07) is 99.9. The summed E-state index contributed by atoms with van der Waals surface area (Å²) in [5.41, 5.74) is 35.8. The fraction of sp³-hybridized carbons (Fsp3) is 0.301. The molecule has 0 aliphatic heterocycles. The van der Waals surface area contributed by atoms with Crippen molar-refractivity contribution in [3.8, 4) is 0 Å². The van der Waals surface area contributed by atoms with Gasteiger partial charge in [-0.1, -0.05) is 333 Å². The third-order valence-electron chi connectivity index (χ3n) is 24.6. The summed E-state index contributed by atoms with van der Waals surface area (Å²) in [5, 5.41) is 9.08. The fourth-order valence-corrected chi connectivity index (χ4v) is 15.9. The number of aryl methyl sites for hydroxylation is 16. The number of benzene rings is 11. The van der Waals surface area contributed by atoms with Crippen LogP contribution in [0.3, 0.4) is 0 Å². The van der Waals surface area contributed by atoms with Gasteiger partial charge in [0.2, 0.25) is 0 Å². The number of nitrogens with zero attached hydrogens (tertiary/aromatic N) is 4. The maximum Gasteiger partial charge on any atom is 0.0492 e. The van der Waals surface area contributed by atoms with Crippen LogP contribution in [0.15, 0.2) is 334 Å². The molecule has 15 aromatic rings. The second-order valence-electron chi connectivity index (χ2n) is 34.4. The van der Waals surface area contributed by atoms with E-state index >= 15 is 0 Å². The maximum absolute atomic E-state index is 4.41. The number of hydrogen-bond acceptors (Lipinski definition) is 5. The van der Waals surface area contributed by atoms with E-state index in [-0.39, 0.29) is 0 Å². The van der Waals surface area contributed by atoms with Gasteiger partial charge >= 0.3 is 0 Å². The van der Waals surface area contributed by atoms with Crippen molar-refractivity contribution in [2.45, 2.75) is 234 Å². The lowest BCUT2D eigenvalue weighted by molar-refractivity contribution is 0.426. The van der Waals surface area contributed by atoms with Gasteiger partial charge in [-0.2, -0.15) is 0 Å². The largest absolute Gasteiger partial charge is 0.355 e. The van der Waals surface area contributed by atoms with Crippen LogP contribution in [0, 0.1) is 109 Å². The van der Waals surface area contributed by atoms with Crippen molar-refractivity contribution in [2.24, 2.45) is 11.8 Å². The number of pyridine rings is 4. The Bertz CT molecular complexity index is 5120. The molecule has 0 saturated heterocycles. The molecule has 1 aliphatic rings. The van der Waals surface area contributed by atoms with Crippen molar-refractivity contribution < 1.29 is 0 Å². The van der Waals surface area contributed by atoms with Gasteiger partial charge < -0.3 is 5.32 Å². The van der Waals surface area contributed by atoms with Crippen molar-refractivity contribution in [2.75, 3.05) is 5.32 Å². The maximum atomic E-state index is 4.41. The van der Waals surface area contributed by atoms with E-state index in [9.17, 15) is 0 Å². The van der Waals surface area contributed by atoms with Crippen molar-refractivity contribution in [1.29, 1.82) is 0 Å². The van der Waals surface area contributed by atoms with Gasteiger partial charge in [-0.15, -0.1) is 0 Å². The van der Waals surface area contributed by atoms with Gasteiger partial charge in [-0.05, 0) is 341 Å². The van der Waals surface area contributed by atoms with Crippen LogP contribution in [0.1, 0.15) is 232 Å². The van der Waals surface area contributed by atoms with Crippen LogP contribution >= 0.6 is 0 Å². The average Bonchev–Trinajstić information content (AvgIpc) is 0.804. The summed E-state index contributed by atoms with van der Waals surface area (Å²) >= 11 is 0. The highest BCUT2D eigenvalue weighted by Gasteiger charge is 2.16. The van der Waals surface area contributed by atoms with Crippen LogP contribution in [0.5, 0.6) is 0 Å². The number of anilines is 2. The van der Waals surface area contributed by atoms with Crippen molar-refractivity contribution >= 4 is 32.9 Å². The molecule has 0 saturated carbocycles. The summed E-state index contributed by atoms with van der Waals surface area (Å²) in [6.07, 6.45) is 35.5. The third-order valence-corrected chi connectivity index (χ3v) is 24.6. The molecule has 128 heavy (non-hydrogen) atoms. The Kier molecular flexibility index (Phi) is 44.4. The molecule has 0 spiro atoms. The molecule has 664 valence electrons. The SMILES string of the molecule is CCCC1C=CC=CC1CC.CCCCc1c(C)c(C)cc2ccccc12.CCCCc1c(C)ccc2ccccc12.CCCCc1ccccc1C.Cc1ccccc1Cc1ccccc1C.Cc1ccccc1Cc1ncccc1C.Cc1ccccc1Cc1ncccc1C.Cc1ccccc1Nc1ccccc1C.Cc1cccnc1Cc1ncccc1C. The highest BCUT2D eigenvalue weighted by atomic mass is 14.9. The molecule has 1 N–H and O–H groups in total. The number of nitrogens with one attached hydrogen (secondary N) is 1. The summed E-state index contributed by atoms with van der Waals surface area (Å²) in [6.45, 7) is 41.4. The topological polar surface area (TPSA) is 63.6 Å². The van der Waals surface area contributed by atoms with E-state index in [4.69, 9.17) is 0 Å². The Morgan fingerprint density at radius 1 is 0.250 bits per heavy atom. The van der Waals surface area contributed by atoms with E-state index in [2.05, 4.69) is 430 Å². The summed E-state index contributed by atoms with van der Waals surface area (Å²) in [7, 11) is 0. The molecular weight excluding hydrogens is 1550 g/mol. The summed E-state index contributed by atoms with van der Waals surface area (Å²) < 4.78 is 0.